The lowest BCUT2D eigenvalue weighted by molar-refractivity contribution is 0.108. The predicted molar refractivity (Wildman–Crippen MR) is 110 cm³/mol. The van der Waals surface area contributed by atoms with Gasteiger partial charge in [-0.05, 0) is 46.1 Å². The first-order valence-corrected chi connectivity index (χ1v) is 10.5. The first-order valence-electron chi connectivity index (χ1n) is 9.67. The molecule has 1 aliphatic heterocycles. The van der Waals surface area contributed by atoms with E-state index in [0.29, 0.717) is 6.54 Å². The lowest BCUT2D eigenvalue weighted by Gasteiger charge is -2.38. The minimum absolute atomic E-state index is 0.0277. The van der Waals surface area contributed by atoms with E-state index in [1.807, 2.05) is 16.8 Å². The van der Waals surface area contributed by atoms with Crippen LogP contribution in [-0.4, -0.2) is 69.8 Å². The number of hydrogen-bond acceptors (Lipinski definition) is 7. The maximum absolute atomic E-state index is 5.34. The van der Waals surface area contributed by atoms with Crippen molar-refractivity contribution in [2.45, 2.75) is 19.5 Å². The number of likely N-dealkylation sites (N-methyl/N-ethyl adjacent to an activating group) is 1. The summed E-state index contributed by atoms with van der Waals surface area (Å²) in [6.45, 7) is 8.13. The number of hydrogen-bond donors (Lipinski definition) is 0. The number of piperazine rings is 1. The summed E-state index contributed by atoms with van der Waals surface area (Å²) < 4.78 is 7.28. The molecule has 0 bridgehead atoms. The molecule has 0 aliphatic carbocycles. The van der Waals surface area contributed by atoms with Gasteiger partial charge in [-0.15, -0.1) is 16.4 Å². The van der Waals surface area contributed by atoms with Crippen molar-refractivity contribution in [2.75, 3.05) is 39.8 Å². The van der Waals surface area contributed by atoms with Gasteiger partial charge in [0.2, 0.25) is 0 Å². The average molecular weight is 399 g/mol. The Labute approximate surface area is 169 Å². The number of thiophene rings is 1. The Morgan fingerprint density at radius 3 is 2.54 bits per heavy atom. The van der Waals surface area contributed by atoms with Crippen molar-refractivity contribution in [1.82, 2.24) is 30.0 Å². The monoisotopic (exact) mass is 398 g/mol. The van der Waals surface area contributed by atoms with Gasteiger partial charge in [-0.3, -0.25) is 4.90 Å². The smallest absolute Gasteiger partial charge is 0.173 e. The topological polar surface area (TPSA) is 59.3 Å². The van der Waals surface area contributed by atoms with Gasteiger partial charge in [-0.25, -0.2) is 4.68 Å². The van der Waals surface area contributed by atoms with Crippen molar-refractivity contribution in [3.05, 3.63) is 58.0 Å². The number of tetrazole rings is 1. The number of ether oxygens (including phenoxy) is 1. The zero-order chi connectivity index (χ0) is 19.3. The summed E-state index contributed by atoms with van der Waals surface area (Å²) in [6, 6.07) is 12.5. The first kappa shape index (κ1) is 19.0. The summed E-state index contributed by atoms with van der Waals surface area (Å²) in [5.41, 5.74) is 1.19. The Kier molecular flexibility index (Phi) is 5.99. The fourth-order valence-corrected chi connectivity index (χ4v) is 4.40. The highest BCUT2D eigenvalue weighted by Crippen LogP contribution is 2.30. The first-order chi connectivity index (χ1) is 13.8. The Bertz CT molecular complexity index is 855. The third kappa shape index (κ3) is 4.09. The minimum atomic E-state index is 0.0277. The molecule has 3 aromatic rings. The molecule has 8 heteroatoms. The van der Waals surface area contributed by atoms with Crippen molar-refractivity contribution in [1.29, 1.82) is 0 Å². The minimum Gasteiger partial charge on any atom is -0.497 e. The summed E-state index contributed by atoms with van der Waals surface area (Å²) in [5, 5.41) is 14.9. The van der Waals surface area contributed by atoms with Crippen molar-refractivity contribution >= 4 is 11.3 Å². The molecule has 0 spiro atoms. The van der Waals surface area contributed by atoms with Gasteiger partial charge in [0.1, 0.15) is 5.75 Å². The summed E-state index contributed by atoms with van der Waals surface area (Å²) in [5.74, 6) is 1.75. The Morgan fingerprint density at radius 1 is 1.11 bits per heavy atom. The molecule has 7 nitrogen and oxygen atoms in total. The van der Waals surface area contributed by atoms with Crippen LogP contribution in [0.15, 0.2) is 41.8 Å². The maximum atomic E-state index is 5.34. The van der Waals surface area contributed by atoms with E-state index in [-0.39, 0.29) is 6.04 Å². The number of aromatic nitrogens is 4. The van der Waals surface area contributed by atoms with E-state index in [1.54, 1.807) is 18.4 Å². The molecular formula is C20H26N6OS. The summed E-state index contributed by atoms with van der Waals surface area (Å²) in [4.78, 5) is 6.22. The van der Waals surface area contributed by atoms with E-state index in [4.69, 9.17) is 4.74 Å². The van der Waals surface area contributed by atoms with E-state index < -0.39 is 0 Å². The van der Waals surface area contributed by atoms with E-state index in [9.17, 15) is 0 Å². The SMILES string of the molecule is CCN1CCN([C@@H](c2ccc(OC)cc2)c2nnnn2Cc2cccs2)CC1. The van der Waals surface area contributed by atoms with Crippen LogP contribution in [0.3, 0.4) is 0 Å². The second kappa shape index (κ2) is 8.81. The summed E-state index contributed by atoms with van der Waals surface area (Å²) in [6.07, 6.45) is 0. The molecule has 0 amide bonds. The molecule has 1 atom stereocenters. The maximum Gasteiger partial charge on any atom is 0.173 e. The fourth-order valence-electron chi connectivity index (χ4n) is 3.72. The van der Waals surface area contributed by atoms with Crippen LogP contribution in [0, 0.1) is 0 Å². The number of nitrogens with zero attached hydrogens (tertiary/aromatic N) is 6. The normalized spacial score (nSPS) is 16.9. The molecule has 2 aromatic heterocycles. The van der Waals surface area contributed by atoms with E-state index in [2.05, 4.69) is 61.9 Å². The van der Waals surface area contributed by atoms with Crippen LogP contribution in [-0.2, 0) is 6.54 Å². The van der Waals surface area contributed by atoms with Gasteiger partial charge in [0.25, 0.3) is 0 Å². The molecule has 1 fully saturated rings. The molecule has 148 valence electrons. The molecule has 0 radical (unpaired) electrons. The van der Waals surface area contributed by atoms with Crippen LogP contribution in [0.2, 0.25) is 0 Å². The molecule has 1 saturated heterocycles. The molecule has 4 rings (SSSR count). The van der Waals surface area contributed by atoms with E-state index in [1.165, 1.54) is 10.4 Å². The Hall–Kier alpha value is -2.29. The van der Waals surface area contributed by atoms with Crippen LogP contribution in [0.1, 0.15) is 29.2 Å². The van der Waals surface area contributed by atoms with Crippen molar-refractivity contribution in [2.24, 2.45) is 0 Å². The zero-order valence-electron chi connectivity index (χ0n) is 16.4. The largest absolute Gasteiger partial charge is 0.497 e. The number of benzene rings is 1. The van der Waals surface area contributed by atoms with Crippen molar-refractivity contribution in [3.8, 4) is 5.75 Å². The van der Waals surface area contributed by atoms with Gasteiger partial charge in [-0.1, -0.05) is 25.1 Å². The van der Waals surface area contributed by atoms with Crippen LogP contribution < -0.4 is 4.74 Å². The van der Waals surface area contributed by atoms with Crippen LogP contribution in [0.4, 0.5) is 0 Å². The predicted octanol–water partition coefficient (Wildman–Crippen LogP) is 2.52. The Morgan fingerprint density at radius 2 is 1.89 bits per heavy atom. The van der Waals surface area contributed by atoms with Crippen molar-refractivity contribution in [3.63, 3.8) is 0 Å². The van der Waals surface area contributed by atoms with E-state index in [0.717, 1.165) is 44.3 Å². The lowest BCUT2D eigenvalue weighted by atomic mass is 10.0. The second-order valence-corrected chi connectivity index (χ2v) is 7.95. The molecule has 28 heavy (non-hydrogen) atoms. The molecule has 1 aromatic carbocycles. The molecule has 0 N–H and O–H groups in total. The summed E-state index contributed by atoms with van der Waals surface area (Å²) in [7, 11) is 1.69. The van der Waals surface area contributed by atoms with Gasteiger partial charge in [0.15, 0.2) is 5.82 Å². The van der Waals surface area contributed by atoms with Gasteiger partial charge in [0, 0.05) is 31.1 Å². The third-order valence-electron chi connectivity index (χ3n) is 5.34. The van der Waals surface area contributed by atoms with Crippen LogP contribution in [0.5, 0.6) is 5.75 Å². The molecule has 0 unspecified atom stereocenters. The van der Waals surface area contributed by atoms with Gasteiger partial charge in [-0.2, -0.15) is 0 Å². The standard InChI is InChI=1S/C20H26N6OS/c1-3-24-10-12-25(13-11-24)19(16-6-8-17(27-2)9-7-16)20-21-22-23-26(20)15-18-5-4-14-28-18/h4-9,14,19H,3,10-13,15H2,1-2H3/t19-/m0/s1. The number of methoxy groups -OCH3 is 1. The van der Waals surface area contributed by atoms with Gasteiger partial charge in [0.05, 0.1) is 19.7 Å². The zero-order valence-corrected chi connectivity index (χ0v) is 17.2. The highest BCUT2D eigenvalue weighted by atomic mass is 32.1. The van der Waals surface area contributed by atoms with E-state index >= 15 is 0 Å². The highest BCUT2D eigenvalue weighted by Gasteiger charge is 2.30. The van der Waals surface area contributed by atoms with Crippen LogP contribution in [0.25, 0.3) is 0 Å². The lowest BCUT2D eigenvalue weighted by Crippen LogP contribution is -2.48. The highest BCUT2D eigenvalue weighted by molar-refractivity contribution is 7.09. The van der Waals surface area contributed by atoms with Gasteiger partial charge >= 0.3 is 0 Å². The summed E-state index contributed by atoms with van der Waals surface area (Å²) >= 11 is 1.73. The van der Waals surface area contributed by atoms with Crippen molar-refractivity contribution < 1.29 is 4.74 Å². The average Bonchev–Trinajstić information content (AvgIpc) is 3.42. The number of rotatable bonds is 7. The van der Waals surface area contributed by atoms with Gasteiger partial charge < -0.3 is 9.64 Å². The molecule has 0 saturated carbocycles. The third-order valence-corrected chi connectivity index (χ3v) is 6.20. The fraction of sp³-hybridized carbons (Fsp3) is 0.450. The second-order valence-electron chi connectivity index (χ2n) is 6.92. The molecule has 1 aliphatic rings. The van der Waals surface area contributed by atoms with Crippen LogP contribution >= 0.6 is 11.3 Å². The quantitative estimate of drug-likeness (QED) is 0.610. The molecular weight excluding hydrogens is 372 g/mol. The Balaban J connectivity index is 1.66. The molecule has 3 heterocycles.